The van der Waals surface area contributed by atoms with Crippen molar-refractivity contribution in [3.63, 3.8) is 0 Å². The van der Waals surface area contributed by atoms with Gasteiger partial charge in [0, 0.05) is 21.5 Å². The van der Waals surface area contributed by atoms with Crippen molar-refractivity contribution in [1.29, 1.82) is 0 Å². The molecule has 6 heteroatoms. The molecule has 0 radical (unpaired) electrons. The molecule has 110 valence electrons. The van der Waals surface area contributed by atoms with Crippen LogP contribution in [0.1, 0.15) is 15.2 Å². The summed E-state index contributed by atoms with van der Waals surface area (Å²) in [5.74, 6) is -0.145. The summed E-state index contributed by atoms with van der Waals surface area (Å²) in [6, 6.07) is 11.3. The number of amides is 2. The van der Waals surface area contributed by atoms with Crippen LogP contribution in [0, 0.1) is 3.57 Å². The van der Waals surface area contributed by atoms with Crippen molar-refractivity contribution in [3.05, 3.63) is 55.8 Å². The normalized spacial score (nSPS) is 10.1. The van der Waals surface area contributed by atoms with Gasteiger partial charge in [-0.1, -0.05) is 18.2 Å². The van der Waals surface area contributed by atoms with Crippen LogP contribution in [-0.4, -0.2) is 24.9 Å². The Morgan fingerprint density at radius 1 is 1.05 bits per heavy atom. The number of carbonyl (C=O) groups is 2. The smallest absolute Gasteiger partial charge is 0.252 e. The average Bonchev–Trinajstić information content (AvgIpc) is 2.96. The molecule has 1 heterocycles. The minimum absolute atomic E-state index is 0.0269. The number of halogens is 1. The first kappa shape index (κ1) is 16.0. The molecule has 0 saturated carbocycles. The zero-order chi connectivity index (χ0) is 15.1. The molecule has 21 heavy (non-hydrogen) atoms. The predicted molar refractivity (Wildman–Crippen MR) is 92.5 cm³/mol. The Kier molecular flexibility index (Phi) is 6.19. The summed E-state index contributed by atoms with van der Waals surface area (Å²) in [6.45, 7) is 0.847. The summed E-state index contributed by atoms with van der Waals surface area (Å²) in [6.07, 6.45) is 0.391. The fourth-order valence-corrected chi connectivity index (χ4v) is 3.09. The molecule has 4 nitrogen and oxygen atoms in total. The number of rotatable bonds is 6. The molecule has 2 N–H and O–H groups in total. The lowest BCUT2D eigenvalue weighted by atomic mass is 10.2. The van der Waals surface area contributed by atoms with Gasteiger partial charge in [0.15, 0.2) is 0 Å². The summed E-state index contributed by atoms with van der Waals surface area (Å²) in [5.41, 5.74) is 0.656. The van der Waals surface area contributed by atoms with Crippen LogP contribution in [0.15, 0.2) is 41.8 Å². The Morgan fingerprint density at radius 3 is 2.52 bits per heavy atom. The van der Waals surface area contributed by atoms with E-state index in [4.69, 9.17) is 0 Å². The molecule has 0 unspecified atom stereocenters. The lowest BCUT2D eigenvalue weighted by molar-refractivity contribution is -0.120. The van der Waals surface area contributed by atoms with Crippen molar-refractivity contribution in [2.45, 2.75) is 6.42 Å². The Bertz CT molecular complexity index is 614. The van der Waals surface area contributed by atoms with Crippen LogP contribution in [0.4, 0.5) is 0 Å². The van der Waals surface area contributed by atoms with Gasteiger partial charge in [-0.2, -0.15) is 0 Å². The van der Waals surface area contributed by atoms with Crippen molar-refractivity contribution < 1.29 is 9.59 Å². The van der Waals surface area contributed by atoms with E-state index >= 15 is 0 Å². The van der Waals surface area contributed by atoms with Crippen LogP contribution in [-0.2, 0) is 11.2 Å². The maximum Gasteiger partial charge on any atom is 0.252 e. The highest BCUT2D eigenvalue weighted by Crippen LogP contribution is 2.11. The van der Waals surface area contributed by atoms with E-state index in [0.29, 0.717) is 25.1 Å². The fourth-order valence-electron chi connectivity index (χ4n) is 1.75. The van der Waals surface area contributed by atoms with Gasteiger partial charge in [0.25, 0.3) is 5.91 Å². The molecule has 0 aliphatic heterocycles. The number of thiophene rings is 1. The standard InChI is InChI=1S/C15H15IN2O2S/c16-13-6-2-1-5-12(13)15(20)18-8-7-17-14(19)10-11-4-3-9-21-11/h1-6,9H,7-8,10H2,(H,17,19)(H,18,20). The Labute approximate surface area is 141 Å². The van der Waals surface area contributed by atoms with Crippen molar-refractivity contribution in [1.82, 2.24) is 10.6 Å². The van der Waals surface area contributed by atoms with E-state index in [2.05, 4.69) is 33.2 Å². The van der Waals surface area contributed by atoms with Crippen molar-refractivity contribution in [2.24, 2.45) is 0 Å². The fraction of sp³-hybridized carbons (Fsp3) is 0.200. The summed E-state index contributed by atoms with van der Waals surface area (Å²) in [7, 11) is 0. The number of hydrogen-bond acceptors (Lipinski definition) is 3. The van der Waals surface area contributed by atoms with E-state index in [0.717, 1.165) is 8.45 Å². The monoisotopic (exact) mass is 414 g/mol. The van der Waals surface area contributed by atoms with Gasteiger partial charge < -0.3 is 10.6 Å². The number of benzene rings is 1. The van der Waals surface area contributed by atoms with E-state index < -0.39 is 0 Å². The average molecular weight is 414 g/mol. The van der Waals surface area contributed by atoms with Crippen molar-refractivity contribution in [2.75, 3.05) is 13.1 Å². The second-order valence-corrected chi connectivity index (χ2v) is 6.54. The van der Waals surface area contributed by atoms with Crippen LogP contribution >= 0.6 is 33.9 Å². The maximum absolute atomic E-state index is 11.9. The molecule has 0 aliphatic rings. The first-order chi connectivity index (χ1) is 10.2. The molecule has 0 atom stereocenters. The molecule has 0 saturated heterocycles. The highest BCUT2D eigenvalue weighted by atomic mass is 127. The van der Waals surface area contributed by atoms with Gasteiger partial charge in [-0.3, -0.25) is 9.59 Å². The van der Waals surface area contributed by atoms with Crippen LogP contribution in [0.25, 0.3) is 0 Å². The second kappa shape index (κ2) is 8.14. The lowest BCUT2D eigenvalue weighted by Gasteiger charge is -2.08. The molecule has 1 aromatic heterocycles. The SMILES string of the molecule is O=C(Cc1cccs1)NCCNC(=O)c1ccccc1I. The molecular formula is C15H15IN2O2S. The first-order valence-electron chi connectivity index (χ1n) is 6.48. The number of hydrogen-bond donors (Lipinski definition) is 2. The summed E-state index contributed by atoms with van der Waals surface area (Å²) in [4.78, 5) is 24.6. The predicted octanol–water partition coefficient (Wildman–Crippen LogP) is 2.44. The molecule has 0 aliphatic carbocycles. The van der Waals surface area contributed by atoms with Gasteiger partial charge >= 0.3 is 0 Å². The van der Waals surface area contributed by atoms with Crippen LogP contribution in [0.3, 0.4) is 0 Å². The third-order valence-electron chi connectivity index (χ3n) is 2.77. The first-order valence-corrected chi connectivity index (χ1v) is 8.44. The maximum atomic E-state index is 11.9. The quantitative estimate of drug-likeness (QED) is 0.564. The largest absolute Gasteiger partial charge is 0.354 e. The Hall–Kier alpha value is -1.41. The van der Waals surface area contributed by atoms with Gasteiger partial charge in [-0.25, -0.2) is 0 Å². The molecule has 2 rings (SSSR count). The van der Waals surface area contributed by atoms with Gasteiger partial charge in [0.05, 0.1) is 12.0 Å². The summed E-state index contributed by atoms with van der Waals surface area (Å²) < 4.78 is 0.911. The van der Waals surface area contributed by atoms with Crippen molar-refractivity contribution in [3.8, 4) is 0 Å². The van der Waals surface area contributed by atoms with Gasteiger partial charge in [-0.15, -0.1) is 11.3 Å². The van der Waals surface area contributed by atoms with E-state index in [-0.39, 0.29) is 11.8 Å². The summed E-state index contributed by atoms with van der Waals surface area (Å²) in [5, 5.41) is 7.54. The van der Waals surface area contributed by atoms with E-state index in [1.165, 1.54) is 0 Å². The molecule has 2 amide bonds. The minimum atomic E-state index is -0.118. The van der Waals surface area contributed by atoms with E-state index in [1.54, 1.807) is 17.4 Å². The topological polar surface area (TPSA) is 58.2 Å². The lowest BCUT2D eigenvalue weighted by Crippen LogP contribution is -2.35. The molecular weight excluding hydrogens is 399 g/mol. The highest BCUT2D eigenvalue weighted by Gasteiger charge is 2.08. The van der Waals surface area contributed by atoms with Gasteiger partial charge in [0.2, 0.25) is 5.91 Å². The molecule has 1 aromatic carbocycles. The number of nitrogens with one attached hydrogen (secondary N) is 2. The van der Waals surface area contributed by atoms with Crippen LogP contribution in [0.5, 0.6) is 0 Å². The van der Waals surface area contributed by atoms with Gasteiger partial charge in [-0.05, 0) is 46.2 Å². The molecule has 2 aromatic rings. The van der Waals surface area contributed by atoms with Gasteiger partial charge in [0.1, 0.15) is 0 Å². The molecule has 0 spiro atoms. The van der Waals surface area contributed by atoms with E-state index in [1.807, 2.05) is 35.7 Å². The molecule has 0 bridgehead atoms. The van der Waals surface area contributed by atoms with E-state index in [9.17, 15) is 9.59 Å². The summed E-state index contributed by atoms with van der Waals surface area (Å²) >= 11 is 3.69. The highest BCUT2D eigenvalue weighted by molar-refractivity contribution is 14.1. The van der Waals surface area contributed by atoms with Crippen molar-refractivity contribution >= 4 is 45.7 Å². The third kappa shape index (κ3) is 5.13. The zero-order valence-electron chi connectivity index (χ0n) is 11.3. The Balaban J connectivity index is 1.69. The third-order valence-corrected chi connectivity index (χ3v) is 4.58. The van der Waals surface area contributed by atoms with Crippen LogP contribution < -0.4 is 10.6 Å². The molecule has 0 fully saturated rings. The number of carbonyl (C=O) groups excluding carboxylic acids is 2. The zero-order valence-corrected chi connectivity index (χ0v) is 14.2. The minimum Gasteiger partial charge on any atom is -0.354 e. The van der Waals surface area contributed by atoms with Crippen LogP contribution in [0.2, 0.25) is 0 Å². The Morgan fingerprint density at radius 2 is 1.81 bits per heavy atom. The second-order valence-electron chi connectivity index (χ2n) is 4.34.